The lowest BCUT2D eigenvalue weighted by molar-refractivity contribution is -0.274. The normalized spacial score (nSPS) is 15.6. The summed E-state index contributed by atoms with van der Waals surface area (Å²) in [6.07, 6.45) is -3.27. The molecule has 12 heteroatoms. The van der Waals surface area contributed by atoms with E-state index in [0.29, 0.717) is 24.7 Å². The predicted molar refractivity (Wildman–Crippen MR) is 145 cm³/mol. The third kappa shape index (κ3) is 5.33. The van der Waals surface area contributed by atoms with Crippen LogP contribution in [0.5, 0.6) is 5.75 Å². The van der Waals surface area contributed by atoms with Gasteiger partial charge in [0.1, 0.15) is 5.75 Å². The lowest BCUT2D eigenvalue weighted by Gasteiger charge is -2.31. The highest BCUT2D eigenvalue weighted by molar-refractivity contribution is 5.77. The van der Waals surface area contributed by atoms with Crippen molar-refractivity contribution in [2.75, 3.05) is 18.0 Å². The zero-order valence-corrected chi connectivity index (χ0v) is 21.7. The number of piperidine rings is 1. The average Bonchev–Trinajstić information content (AvgIpc) is 3.29. The van der Waals surface area contributed by atoms with Crippen molar-refractivity contribution in [1.29, 1.82) is 0 Å². The maximum atomic E-state index is 14.0. The first kappa shape index (κ1) is 27.1. The van der Waals surface area contributed by atoms with Crippen molar-refractivity contribution in [2.24, 2.45) is 5.73 Å². The van der Waals surface area contributed by atoms with E-state index in [2.05, 4.69) is 16.6 Å². The number of nitrogens with zero attached hydrogens (tertiary/aromatic N) is 5. The van der Waals surface area contributed by atoms with Crippen molar-refractivity contribution in [3.05, 3.63) is 81.0 Å². The Morgan fingerprint density at radius 1 is 1.07 bits per heavy atom. The fourth-order valence-electron chi connectivity index (χ4n) is 4.94. The molecule has 4 aromatic rings. The van der Waals surface area contributed by atoms with Gasteiger partial charge in [-0.3, -0.25) is 13.9 Å². The van der Waals surface area contributed by atoms with Gasteiger partial charge in [-0.05, 0) is 38.0 Å². The van der Waals surface area contributed by atoms with Gasteiger partial charge in [0, 0.05) is 24.7 Å². The molecule has 2 N–H and O–H groups in total. The quantitative estimate of drug-likeness (QED) is 0.369. The molecule has 5 rings (SSSR count). The van der Waals surface area contributed by atoms with Crippen molar-refractivity contribution >= 4 is 17.1 Å². The van der Waals surface area contributed by atoms with E-state index in [1.807, 2.05) is 4.90 Å². The molecule has 0 radical (unpaired) electrons. The molecule has 1 aliphatic rings. The fraction of sp³-hybridized carbons (Fsp3) is 0.321. The number of rotatable bonds is 6. The molecular weight excluding hydrogens is 525 g/mol. The van der Waals surface area contributed by atoms with E-state index in [4.69, 9.17) is 10.7 Å². The third-order valence-electron chi connectivity index (χ3n) is 6.71. The number of anilines is 1. The molecule has 0 spiro atoms. The van der Waals surface area contributed by atoms with Gasteiger partial charge in [-0.1, -0.05) is 42.3 Å². The summed E-state index contributed by atoms with van der Waals surface area (Å²) in [5.41, 5.74) is 5.47. The van der Waals surface area contributed by atoms with Gasteiger partial charge in [-0.25, -0.2) is 9.36 Å². The lowest BCUT2D eigenvalue weighted by Crippen LogP contribution is -2.44. The maximum Gasteiger partial charge on any atom is 0.573 e. The smallest absolute Gasteiger partial charge is 0.405 e. The van der Waals surface area contributed by atoms with Gasteiger partial charge in [0.2, 0.25) is 5.95 Å². The fourth-order valence-corrected chi connectivity index (χ4v) is 4.94. The number of hydrogen-bond donors (Lipinski definition) is 1. The summed E-state index contributed by atoms with van der Waals surface area (Å²) in [4.78, 5) is 34.7. The van der Waals surface area contributed by atoms with Crippen LogP contribution >= 0.6 is 0 Å². The number of aromatic nitrogens is 4. The third-order valence-corrected chi connectivity index (χ3v) is 6.71. The molecule has 1 aliphatic heterocycles. The molecule has 0 bridgehead atoms. The van der Waals surface area contributed by atoms with Crippen molar-refractivity contribution < 1.29 is 17.9 Å². The first-order valence-electron chi connectivity index (χ1n) is 12.7. The zero-order chi connectivity index (χ0) is 28.4. The summed E-state index contributed by atoms with van der Waals surface area (Å²) >= 11 is 0. The van der Waals surface area contributed by atoms with E-state index in [1.165, 1.54) is 22.8 Å². The van der Waals surface area contributed by atoms with Crippen LogP contribution in [0.25, 0.3) is 16.9 Å². The highest BCUT2D eigenvalue weighted by atomic mass is 19.4. The molecule has 40 heavy (non-hydrogen) atoms. The Kier molecular flexibility index (Phi) is 7.40. The van der Waals surface area contributed by atoms with Crippen molar-refractivity contribution in [3.8, 4) is 23.3 Å². The van der Waals surface area contributed by atoms with Crippen LogP contribution in [0.3, 0.4) is 0 Å². The summed E-state index contributed by atoms with van der Waals surface area (Å²) in [6.45, 7) is 2.49. The van der Waals surface area contributed by atoms with Crippen LogP contribution < -0.4 is 26.6 Å². The number of ether oxygens (including phenoxy) is 1. The Hall–Kier alpha value is -4.50. The Morgan fingerprint density at radius 3 is 2.50 bits per heavy atom. The van der Waals surface area contributed by atoms with Crippen LogP contribution in [0.1, 0.15) is 25.3 Å². The van der Waals surface area contributed by atoms with Crippen LogP contribution in [0.2, 0.25) is 0 Å². The topological polar surface area (TPSA) is 100 Å². The molecule has 1 atom stereocenters. The van der Waals surface area contributed by atoms with E-state index >= 15 is 0 Å². The molecule has 0 amide bonds. The SMILES string of the molecule is CC#CCn1c(N2CCCC(N)C2)nc2c1c(=O)n(Cc1ccccc1OC(F)(F)F)c(=O)n2-c1ccccc1. The van der Waals surface area contributed by atoms with E-state index in [-0.39, 0.29) is 29.3 Å². The molecular formula is C28H27F3N6O3. The van der Waals surface area contributed by atoms with Gasteiger partial charge in [0.05, 0.1) is 18.8 Å². The molecule has 1 unspecified atom stereocenters. The number of nitrogens with two attached hydrogens (primary N) is 1. The monoisotopic (exact) mass is 552 g/mol. The van der Waals surface area contributed by atoms with Crippen LogP contribution in [0.15, 0.2) is 64.2 Å². The molecule has 2 aromatic heterocycles. The highest BCUT2D eigenvalue weighted by Crippen LogP contribution is 2.28. The van der Waals surface area contributed by atoms with Crippen LogP contribution in [-0.2, 0) is 13.1 Å². The van der Waals surface area contributed by atoms with Gasteiger partial charge < -0.3 is 15.4 Å². The van der Waals surface area contributed by atoms with E-state index < -0.39 is 29.9 Å². The zero-order valence-electron chi connectivity index (χ0n) is 21.7. The highest BCUT2D eigenvalue weighted by Gasteiger charge is 2.32. The molecule has 1 fully saturated rings. The van der Waals surface area contributed by atoms with Crippen LogP contribution in [0, 0.1) is 11.8 Å². The minimum Gasteiger partial charge on any atom is -0.405 e. The Bertz CT molecular complexity index is 1710. The van der Waals surface area contributed by atoms with Gasteiger partial charge in [0.15, 0.2) is 11.2 Å². The largest absolute Gasteiger partial charge is 0.573 e. The second-order valence-electron chi connectivity index (χ2n) is 9.45. The summed E-state index contributed by atoms with van der Waals surface area (Å²) in [7, 11) is 0. The minimum absolute atomic E-state index is 0.0135. The minimum atomic E-state index is -4.95. The molecule has 9 nitrogen and oxygen atoms in total. The lowest BCUT2D eigenvalue weighted by atomic mass is 10.1. The van der Waals surface area contributed by atoms with Gasteiger partial charge >= 0.3 is 12.1 Å². The van der Waals surface area contributed by atoms with Crippen molar-refractivity contribution in [3.63, 3.8) is 0 Å². The van der Waals surface area contributed by atoms with Gasteiger partial charge in [0.25, 0.3) is 5.56 Å². The Balaban J connectivity index is 1.79. The number of benzene rings is 2. The second kappa shape index (κ2) is 10.9. The molecule has 208 valence electrons. The van der Waals surface area contributed by atoms with Crippen molar-refractivity contribution in [2.45, 2.75) is 45.3 Å². The molecule has 0 saturated carbocycles. The molecule has 3 heterocycles. The van der Waals surface area contributed by atoms with Gasteiger partial charge in [-0.15, -0.1) is 19.1 Å². The standard InChI is InChI=1S/C28H27F3N6O3/c1-2-3-16-35-23-24(33-26(35)34-15-9-11-20(32)18-34)37(21-12-5-4-6-13-21)27(39)36(25(23)38)17-19-10-7-8-14-22(19)40-28(29,30)31/h4-8,10,12-14,20H,9,11,15-18,32H2,1H3. The van der Waals surface area contributed by atoms with Crippen LogP contribution in [-0.4, -0.2) is 44.2 Å². The second-order valence-corrected chi connectivity index (χ2v) is 9.45. The number of fused-ring (bicyclic) bond motifs is 1. The molecule has 2 aromatic carbocycles. The van der Waals surface area contributed by atoms with Crippen LogP contribution in [0.4, 0.5) is 19.1 Å². The number of alkyl halides is 3. The van der Waals surface area contributed by atoms with Gasteiger partial charge in [-0.2, -0.15) is 4.98 Å². The van der Waals surface area contributed by atoms with E-state index in [9.17, 15) is 22.8 Å². The van der Waals surface area contributed by atoms with E-state index in [1.54, 1.807) is 41.8 Å². The first-order valence-corrected chi connectivity index (χ1v) is 12.7. The Labute approximate surface area is 227 Å². The predicted octanol–water partition coefficient (Wildman–Crippen LogP) is 3.25. The average molecular weight is 553 g/mol. The maximum absolute atomic E-state index is 14.0. The molecule has 0 aliphatic carbocycles. The Morgan fingerprint density at radius 2 is 1.80 bits per heavy atom. The van der Waals surface area contributed by atoms with Crippen molar-refractivity contribution in [1.82, 2.24) is 18.7 Å². The van der Waals surface area contributed by atoms with E-state index in [0.717, 1.165) is 23.5 Å². The number of para-hydroxylation sites is 2. The first-order chi connectivity index (χ1) is 19.2. The molecule has 1 saturated heterocycles. The number of imidazole rings is 1. The summed E-state index contributed by atoms with van der Waals surface area (Å²) in [6, 6.07) is 14.0. The summed E-state index contributed by atoms with van der Waals surface area (Å²) in [5, 5.41) is 0. The summed E-state index contributed by atoms with van der Waals surface area (Å²) in [5.74, 6) is 5.75. The number of halogens is 3. The number of hydrogen-bond acceptors (Lipinski definition) is 6. The summed E-state index contributed by atoms with van der Waals surface area (Å²) < 4.78 is 47.3.